The molecule has 104 valence electrons. The molecule has 3 nitrogen and oxygen atoms in total. The third kappa shape index (κ3) is 2.82. The Morgan fingerprint density at radius 2 is 1.60 bits per heavy atom. The van der Waals surface area contributed by atoms with E-state index in [4.69, 9.17) is 5.41 Å². The van der Waals surface area contributed by atoms with Crippen LogP contribution in [0.5, 0.6) is 5.75 Å². The lowest BCUT2D eigenvalue weighted by Gasteiger charge is -2.21. The maximum absolute atomic E-state index is 9.81. The van der Waals surface area contributed by atoms with Crippen molar-refractivity contribution >= 4 is 11.4 Å². The molecule has 0 unspecified atom stereocenters. The Hall–Kier alpha value is -2.29. The number of nitrogens with zero attached hydrogens (tertiary/aromatic N) is 1. The molecule has 0 aromatic heterocycles. The summed E-state index contributed by atoms with van der Waals surface area (Å²) in [4.78, 5) is 2.26. The van der Waals surface area contributed by atoms with Gasteiger partial charge in [-0.15, -0.1) is 0 Å². The maximum atomic E-state index is 9.81. The largest absolute Gasteiger partial charge is 0.507 e. The van der Waals surface area contributed by atoms with Crippen LogP contribution < -0.4 is 4.90 Å². The minimum absolute atomic E-state index is 0.144. The van der Waals surface area contributed by atoms with Crippen molar-refractivity contribution in [3.05, 3.63) is 59.7 Å². The van der Waals surface area contributed by atoms with Gasteiger partial charge in [0.1, 0.15) is 5.75 Å². The first-order chi connectivity index (χ1) is 9.67. The fraction of sp³-hybridized carbons (Fsp3) is 0.235. The van der Waals surface area contributed by atoms with Crippen LogP contribution in [-0.2, 0) is 0 Å². The summed E-state index contributed by atoms with van der Waals surface area (Å²) in [5.74, 6) is 0.144. The monoisotopic (exact) mass is 268 g/mol. The molecule has 0 aliphatic rings. The van der Waals surface area contributed by atoms with Gasteiger partial charge >= 0.3 is 0 Å². The van der Waals surface area contributed by atoms with Gasteiger partial charge in [0.05, 0.1) is 5.71 Å². The Morgan fingerprint density at radius 3 is 2.15 bits per heavy atom. The van der Waals surface area contributed by atoms with Crippen molar-refractivity contribution in [2.24, 2.45) is 0 Å². The van der Waals surface area contributed by atoms with Crippen LogP contribution in [0.4, 0.5) is 5.69 Å². The second kappa shape index (κ2) is 6.24. The lowest BCUT2D eigenvalue weighted by Crippen LogP contribution is -2.21. The Morgan fingerprint density at radius 1 is 1.00 bits per heavy atom. The van der Waals surface area contributed by atoms with E-state index >= 15 is 0 Å². The van der Waals surface area contributed by atoms with E-state index in [0.29, 0.717) is 11.3 Å². The minimum Gasteiger partial charge on any atom is -0.507 e. The van der Waals surface area contributed by atoms with Crippen LogP contribution in [0.25, 0.3) is 0 Å². The van der Waals surface area contributed by atoms with Gasteiger partial charge < -0.3 is 10.0 Å². The normalized spacial score (nSPS) is 10.3. The summed E-state index contributed by atoms with van der Waals surface area (Å²) in [6.07, 6.45) is 0. The predicted molar refractivity (Wildman–Crippen MR) is 84.0 cm³/mol. The van der Waals surface area contributed by atoms with Crippen LogP contribution in [0, 0.1) is 5.41 Å². The zero-order chi connectivity index (χ0) is 14.5. The van der Waals surface area contributed by atoms with E-state index in [2.05, 4.69) is 18.7 Å². The van der Waals surface area contributed by atoms with Gasteiger partial charge in [0.15, 0.2) is 0 Å². The van der Waals surface area contributed by atoms with Crippen molar-refractivity contribution in [1.82, 2.24) is 0 Å². The zero-order valence-corrected chi connectivity index (χ0v) is 11.9. The quantitative estimate of drug-likeness (QED) is 0.813. The molecule has 0 atom stereocenters. The number of phenols is 1. The van der Waals surface area contributed by atoms with Gasteiger partial charge in [-0.2, -0.15) is 0 Å². The molecule has 2 aromatic rings. The van der Waals surface area contributed by atoms with Crippen molar-refractivity contribution < 1.29 is 5.11 Å². The fourth-order valence-corrected chi connectivity index (χ4v) is 2.27. The van der Waals surface area contributed by atoms with E-state index in [0.717, 1.165) is 24.3 Å². The van der Waals surface area contributed by atoms with Crippen molar-refractivity contribution in [1.29, 1.82) is 5.41 Å². The van der Waals surface area contributed by atoms with E-state index in [-0.39, 0.29) is 5.75 Å². The molecular formula is C17H20N2O. The van der Waals surface area contributed by atoms with Gasteiger partial charge in [0.25, 0.3) is 0 Å². The molecule has 0 radical (unpaired) electrons. The molecule has 2 aromatic carbocycles. The van der Waals surface area contributed by atoms with E-state index in [1.165, 1.54) is 0 Å². The van der Waals surface area contributed by atoms with Crippen molar-refractivity contribution in [3.63, 3.8) is 0 Å². The summed E-state index contributed by atoms with van der Waals surface area (Å²) >= 11 is 0. The Bertz CT molecular complexity index is 586. The molecule has 2 N–H and O–H groups in total. The molecule has 20 heavy (non-hydrogen) atoms. The number of hydrogen-bond acceptors (Lipinski definition) is 3. The predicted octanol–water partition coefficient (Wildman–Crippen LogP) is 3.65. The number of hydrogen-bond donors (Lipinski definition) is 2. The lowest BCUT2D eigenvalue weighted by atomic mass is 10.0. The summed E-state index contributed by atoms with van der Waals surface area (Å²) in [7, 11) is 0. The van der Waals surface area contributed by atoms with Gasteiger partial charge in [0.2, 0.25) is 0 Å². The van der Waals surface area contributed by atoms with E-state index in [9.17, 15) is 5.11 Å². The molecule has 0 aliphatic carbocycles. The lowest BCUT2D eigenvalue weighted by molar-refractivity contribution is 0.474. The maximum Gasteiger partial charge on any atom is 0.124 e. The Labute approximate surface area is 120 Å². The van der Waals surface area contributed by atoms with Crippen LogP contribution in [0.15, 0.2) is 48.5 Å². The van der Waals surface area contributed by atoms with Crippen LogP contribution >= 0.6 is 0 Å². The van der Waals surface area contributed by atoms with Crippen LogP contribution in [0.3, 0.4) is 0 Å². The highest BCUT2D eigenvalue weighted by Crippen LogP contribution is 2.21. The van der Waals surface area contributed by atoms with E-state index in [1.807, 2.05) is 30.3 Å². The molecule has 0 amide bonds. The first-order valence-corrected chi connectivity index (χ1v) is 6.89. The van der Waals surface area contributed by atoms with E-state index < -0.39 is 0 Å². The molecule has 0 aliphatic heterocycles. The van der Waals surface area contributed by atoms with Gasteiger partial charge in [-0.3, -0.25) is 5.41 Å². The zero-order valence-electron chi connectivity index (χ0n) is 11.9. The average Bonchev–Trinajstić information content (AvgIpc) is 2.49. The average molecular weight is 268 g/mol. The Balaban J connectivity index is 2.26. The number of phenolic OH excluding ortho intramolecular Hbond substituents is 1. The molecule has 0 bridgehead atoms. The number of rotatable bonds is 5. The first kappa shape index (κ1) is 14.1. The van der Waals surface area contributed by atoms with Gasteiger partial charge in [0, 0.05) is 29.9 Å². The molecule has 0 saturated heterocycles. The third-order valence-corrected chi connectivity index (χ3v) is 3.46. The van der Waals surface area contributed by atoms with E-state index in [1.54, 1.807) is 18.2 Å². The summed E-state index contributed by atoms with van der Waals surface area (Å²) in [6, 6.07) is 14.9. The highest BCUT2D eigenvalue weighted by atomic mass is 16.3. The van der Waals surface area contributed by atoms with Crippen molar-refractivity contribution in [3.8, 4) is 5.75 Å². The number of benzene rings is 2. The van der Waals surface area contributed by atoms with Gasteiger partial charge in [-0.25, -0.2) is 0 Å². The molecule has 0 heterocycles. The van der Waals surface area contributed by atoms with Gasteiger partial charge in [-0.1, -0.05) is 24.3 Å². The SMILES string of the molecule is CCN(CC)c1ccc(C(=N)c2ccccc2O)cc1. The summed E-state index contributed by atoms with van der Waals surface area (Å²) in [5.41, 5.74) is 2.86. The van der Waals surface area contributed by atoms with Crippen LogP contribution in [0.1, 0.15) is 25.0 Å². The van der Waals surface area contributed by atoms with Crippen LogP contribution in [-0.4, -0.2) is 23.9 Å². The highest BCUT2D eigenvalue weighted by molar-refractivity contribution is 6.12. The smallest absolute Gasteiger partial charge is 0.124 e. The van der Waals surface area contributed by atoms with Gasteiger partial charge in [-0.05, 0) is 38.1 Å². The topological polar surface area (TPSA) is 47.3 Å². The molecule has 0 saturated carbocycles. The molecular weight excluding hydrogens is 248 g/mol. The van der Waals surface area contributed by atoms with Crippen molar-refractivity contribution in [2.45, 2.75) is 13.8 Å². The number of aromatic hydroxyl groups is 1. The fourth-order valence-electron chi connectivity index (χ4n) is 2.27. The second-order valence-corrected chi connectivity index (χ2v) is 4.61. The van der Waals surface area contributed by atoms with Crippen molar-refractivity contribution in [2.75, 3.05) is 18.0 Å². The number of nitrogens with one attached hydrogen (secondary N) is 1. The second-order valence-electron chi connectivity index (χ2n) is 4.61. The Kier molecular flexibility index (Phi) is 4.41. The standard InChI is InChI=1S/C17H20N2O/c1-3-19(4-2)14-11-9-13(10-12-14)17(18)15-7-5-6-8-16(15)20/h5-12,18,20H,3-4H2,1-2H3. The van der Waals surface area contributed by atoms with Crippen LogP contribution in [0.2, 0.25) is 0 Å². The number of para-hydroxylation sites is 1. The third-order valence-electron chi connectivity index (χ3n) is 3.46. The molecule has 2 rings (SSSR count). The molecule has 0 spiro atoms. The first-order valence-electron chi connectivity index (χ1n) is 6.89. The minimum atomic E-state index is 0.144. The summed E-state index contributed by atoms with van der Waals surface area (Å²) < 4.78 is 0. The molecule has 0 fully saturated rings. The number of anilines is 1. The highest BCUT2D eigenvalue weighted by Gasteiger charge is 2.09. The summed E-state index contributed by atoms with van der Waals surface area (Å²) in [5, 5.41) is 18.0. The summed E-state index contributed by atoms with van der Waals surface area (Å²) in [6.45, 7) is 6.18. The molecule has 3 heteroatoms.